The Hall–Kier alpha value is -0.930. The first-order chi connectivity index (χ1) is 6.90. The van der Waals surface area contributed by atoms with E-state index in [-0.39, 0.29) is 0 Å². The van der Waals surface area contributed by atoms with E-state index in [2.05, 4.69) is 0 Å². The molecule has 15 heavy (non-hydrogen) atoms. The molecule has 4 unspecified atom stereocenters. The molecule has 0 radical (unpaired) electrons. The van der Waals surface area contributed by atoms with Crippen LogP contribution < -0.4 is 5.32 Å². The third kappa shape index (κ3) is 4.91. The van der Waals surface area contributed by atoms with Crippen molar-refractivity contribution in [1.29, 1.82) is 0 Å². The van der Waals surface area contributed by atoms with E-state index in [0.717, 1.165) is 0 Å². The number of nitrogens with one attached hydrogen (secondary N) is 1. The molecule has 8 heteroatoms. The molecule has 0 aromatic heterocycles. The van der Waals surface area contributed by atoms with Crippen LogP contribution in [0.1, 0.15) is 0 Å². The number of rotatable bonds is 6. The van der Waals surface area contributed by atoms with E-state index in [1.807, 2.05) is 0 Å². The highest BCUT2D eigenvalue weighted by Crippen LogP contribution is 2.04. The van der Waals surface area contributed by atoms with Gasteiger partial charge in [0.2, 0.25) is 0 Å². The summed E-state index contributed by atoms with van der Waals surface area (Å²) in [4.78, 5) is 10.0. The maximum absolute atomic E-state index is 10.0. The lowest BCUT2D eigenvalue weighted by molar-refractivity contribution is -0.113. The summed E-state index contributed by atoms with van der Waals surface area (Å²) in [6.07, 6.45) is -8.06. The van der Waals surface area contributed by atoms with Crippen LogP contribution in [0.5, 0.6) is 0 Å². The lowest BCUT2D eigenvalue weighted by Crippen LogP contribution is -2.49. The van der Waals surface area contributed by atoms with Crippen LogP contribution in [0.2, 0.25) is 0 Å². The van der Waals surface area contributed by atoms with Crippen molar-refractivity contribution in [2.75, 3.05) is 13.2 Å². The maximum atomic E-state index is 10.0. The third-order valence-electron chi connectivity index (χ3n) is 1.79. The van der Waals surface area contributed by atoms with E-state index in [1.54, 1.807) is 5.32 Å². The molecule has 0 bridgehead atoms. The lowest BCUT2D eigenvalue weighted by atomic mass is 10.0. The number of hydrogen-bond acceptors (Lipinski definition) is 6. The number of carboxylic acid groups (broad SMARTS) is 1. The van der Waals surface area contributed by atoms with Crippen LogP contribution in [-0.2, 0) is 0 Å². The molecule has 0 spiro atoms. The molecular formula is C7H15NO7. The molecule has 7 N–H and O–H groups in total. The zero-order chi connectivity index (χ0) is 12.0. The van der Waals surface area contributed by atoms with Crippen molar-refractivity contribution in [1.82, 2.24) is 5.32 Å². The number of hydrogen-bond donors (Lipinski definition) is 7. The number of aliphatic hydroxyl groups is 5. The van der Waals surface area contributed by atoms with Gasteiger partial charge in [-0.2, -0.15) is 0 Å². The minimum Gasteiger partial charge on any atom is -0.465 e. The highest BCUT2D eigenvalue weighted by Gasteiger charge is 2.29. The molecule has 0 aliphatic heterocycles. The quantitative estimate of drug-likeness (QED) is 0.250. The zero-order valence-electron chi connectivity index (χ0n) is 7.82. The first kappa shape index (κ1) is 14.1. The van der Waals surface area contributed by atoms with Crippen LogP contribution in [0.4, 0.5) is 4.79 Å². The SMILES string of the molecule is O=C(O)NCC(O)C(O)C(O)C(O)CO. The van der Waals surface area contributed by atoms with Crippen LogP contribution in [0.15, 0.2) is 0 Å². The molecule has 0 saturated carbocycles. The van der Waals surface area contributed by atoms with E-state index in [0.29, 0.717) is 0 Å². The average molecular weight is 225 g/mol. The molecule has 8 nitrogen and oxygen atoms in total. The summed E-state index contributed by atoms with van der Waals surface area (Å²) in [5.41, 5.74) is 0. The predicted molar refractivity (Wildman–Crippen MR) is 47.1 cm³/mol. The van der Waals surface area contributed by atoms with Crippen molar-refractivity contribution < 1.29 is 35.4 Å². The summed E-state index contributed by atoms with van der Waals surface area (Å²) in [5.74, 6) is 0. The normalized spacial score (nSPS) is 19.0. The Bertz CT molecular complexity index is 200. The Labute approximate surface area is 85.4 Å². The molecule has 0 fully saturated rings. The molecule has 0 aliphatic rings. The van der Waals surface area contributed by atoms with E-state index in [4.69, 9.17) is 25.5 Å². The monoisotopic (exact) mass is 225 g/mol. The highest BCUT2D eigenvalue weighted by atomic mass is 16.4. The van der Waals surface area contributed by atoms with Gasteiger partial charge in [0, 0.05) is 6.54 Å². The van der Waals surface area contributed by atoms with Gasteiger partial charge in [0.05, 0.1) is 12.7 Å². The van der Waals surface area contributed by atoms with Gasteiger partial charge in [-0.1, -0.05) is 0 Å². The Morgan fingerprint density at radius 2 is 1.53 bits per heavy atom. The van der Waals surface area contributed by atoms with E-state index < -0.39 is 43.7 Å². The second-order valence-corrected chi connectivity index (χ2v) is 2.98. The highest BCUT2D eigenvalue weighted by molar-refractivity contribution is 5.64. The van der Waals surface area contributed by atoms with Gasteiger partial charge in [-0.25, -0.2) is 4.79 Å². The Kier molecular flexibility index (Phi) is 6.13. The lowest BCUT2D eigenvalue weighted by Gasteiger charge is -2.25. The fourth-order valence-electron chi connectivity index (χ4n) is 0.876. The minimum atomic E-state index is -1.75. The standard InChI is InChI=1S/C7H15NO7/c9-2-4(11)6(13)5(12)3(10)1-8-7(14)15/h3-6,8-13H,1-2H2,(H,14,15). The van der Waals surface area contributed by atoms with Crippen LogP contribution in [0.3, 0.4) is 0 Å². The van der Waals surface area contributed by atoms with Crippen molar-refractivity contribution in [2.24, 2.45) is 0 Å². The van der Waals surface area contributed by atoms with Gasteiger partial charge in [-0.3, -0.25) is 0 Å². The molecule has 0 rings (SSSR count). The predicted octanol–water partition coefficient (Wildman–Crippen LogP) is -3.31. The molecule has 1 amide bonds. The molecule has 0 saturated heterocycles. The molecule has 0 aliphatic carbocycles. The second kappa shape index (κ2) is 6.53. The molecule has 0 heterocycles. The molecule has 4 atom stereocenters. The molecule has 90 valence electrons. The summed E-state index contributed by atoms with van der Waals surface area (Å²) in [6.45, 7) is -1.27. The van der Waals surface area contributed by atoms with Gasteiger partial charge >= 0.3 is 6.09 Å². The summed E-state index contributed by atoms with van der Waals surface area (Å²) >= 11 is 0. The average Bonchev–Trinajstić information content (AvgIpc) is 2.22. The van der Waals surface area contributed by atoms with Gasteiger partial charge < -0.3 is 36.0 Å². The number of amides is 1. The molecule has 0 aromatic carbocycles. The minimum absolute atomic E-state index is 0.494. The van der Waals surface area contributed by atoms with Crippen molar-refractivity contribution >= 4 is 6.09 Å². The largest absolute Gasteiger partial charge is 0.465 e. The number of carbonyl (C=O) groups is 1. The summed E-state index contributed by atoms with van der Waals surface area (Å²) < 4.78 is 0. The Balaban J connectivity index is 4.06. The van der Waals surface area contributed by atoms with Crippen LogP contribution in [-0.4, -0.2) is 74.3 Å². The summed E-state index contributed by atoms with van der Waals surface area (Å²) in [7, 11) is 0. The van der Waals surface area contributed by atoms with E-state index in [9.17, 15) is 9.90 Å². The number of aliphatic hydroxyl groups excluding tert-OH is 5. The Morgan fingerprint density at radius 1 is 1.07 bits per heavy atom. The topological polar surface area (TPSA) is 150 Å². The zero-order valence-corrected chi connectivity index (χ0v) is 7.82. The summed E-state index contributed by atoms with van der Waals surface area (Å²) in [5, 5.41) is 54.8. The van der Waals surface area contributed by atoms with Gasteiger partial charge in [-0.05, 0) is 0 Å². The fraction of sp³-hybridized carbons (Fsp3) is 0.857. The van der Waals surface area contributed by atoms with Gasteiger partial charge in [0.1, 0.15) is 18.3 Å². The van der Waals surface area contributed by atoms with E-state index >= 15 is 0 Å². The van der Waals surface area contributed by atoms with Crippen molar-refractivity contribution in [2.45, 2.75) is 24.4 Å². The van der Waals surface area contributed by atoms with Crippen molar-refractivity contribution in [3.63, 3.8) is 0 Å². The van der Waals surface area contributed by atoms with Crippen LogP contribution in [0, 0.1) is 0 Å². The van der Waals surface area contributed by atoms with Gasteiger partial charge in [0.15, 0.2) is 0 Å². The van der Waals surface area contributed by atoms with Crippen LogP contribution in [0.25, 0.3) is 0 Å². The van der Waals surface area contributed by atoms with Crippen LogP contribution >= 0.6 is 0 Å². The third-order valence-corrected chi connectivity index (χ3v) is 1.79. The van der Waals surface area contributed by atoms with Gasteiger partial charge in [0.25, 0.3) is 0 Å². The van der Waals surface area contributed by atoms with E-state index in [1.165, 1.54) is 0 Å². The van der Waals surface area contributed by atoms with Crippen molar-refractivity contribution in [3.05, 3.63) is 0 Å². The maximum Gasteiger partial charge on any atom is 0.404 e. The fourth-order valence-corrected chi connectivity index (χ4v) is 0.876. The first-order valence-corrected chi connectivity index (χ1v) is 4.20. The van der Waals surface area contributed by atoms with Crippen molar-refractivity contribution in [3.8, 4) is 0 Å². The molecular weight excluding hydrogens is 210 g/mol. The second-order valence-electron chi connectivity index (χ2n) is 2.98. The smallest absolute Gasteiger partial charge is 0.404 e. The molecule has 0 aromatic rings. The summed E-state index contributed by atoms with van der Waals surface area (Å²) in [6, 6.07) is 0. The first-order valence-electron chi connectivity index (χ1n) is 4.20. The van der Waals surface area contributed by atoms with Gasteiger partial charge in [-0.15, -0.1) is 0 Å². The Morgan fingerprint density at radius 3 is 1.93 bits per heavy atom.